The van der Waals surface area contributed by atoms with Crippen LogP contribution in [0.3, 0.4) is 0 Å². The van der Waals surface area contributed by atoms with Gasteiger partial charge in [-0.2, -0.15) is 5.10 Å². The Kier molecular flexibility index (Phi) is 9.93. The van der Waals surface area contributed by atoms with Gasteiger partial charge in [0.25, 0.3) is 12.3 Å². The lowest BCUT2D eigenvalue weighted by Crippen LogP contribution is -2.18. The number of halogens is 2. The Morgan fingerprint density at radius 1 is 1.41 bits per heavy atom. The maximum Gasteiger partial charge on any atom is 0.275 e. The fraction of sp³-hybridized carbons (Fsp3) is 0.588. The van der Waals surface area contributed by atoms with E-state index in [1.807, 2.05) is 18.3 Å². The van der Waals surface area contributed by atoms with E-state index in [0.29, 0.717) is 5.82 Å². The number of rotatable bonds is 9. The summed E-state index contributed by atoms with van der Waals surface area (Å²) in [6, 6.07) is 3.07. The van der Waals surface area contributed by atoms with Crippen LogP contribution >= 0.6 is 8.07 Å². The Morgan fingerprint density at radius 2 is 2.11 bits per heavy atom. The largest absolute Gasteiger partial charge is 0.471 e. The van der Waals surface area contributed by atoms with E-state index < -0.39 is 27.0 Å². The molecule has 1 N–H and O–H groups in total. The molecule has 0 bridgehead atoms. The topological polar surface area (TPSA) is 74.0 Å². The number of carbonyl (C=O) groups is 1. The van der Waals surface area contributed by atoms with Crippen molar-refractivity contribution in [1.82, 2.24) is 19.3 Å². The first-order valence-corrected chi connectivity index (χ1v) is 10.9. The van der Waals surface area contributed by atoms with Gasteiger partial charge < -0.3 is 10.1 Å². The highest BCUT2D eigenvalue weighted by Crippen LogP contribution is 2.36. The van der Waals surface area contributed by atoms with Crippen LogP contribution in [-0.4, -0.2) is 51.1 Å². The molecule has 1 atom stereocenters. The molecule has 2 aromatic heterocycles. The summed E-state index contributed by atoms with van der Waals surface area (Å²) >= 11 is 0. The van der Waals surface area contributed by atoms with Crippen LogP contribution in [0.25, 0.3) is 0 Å². The van der Waals surface area contributed by atoms with Gasteiger partial charge in [-0.05, 0) is 19.2 Å². The van der Waals surface area contributed by atoms with Gasteiger partial charge in [0.2, 0.25) is 5.88 Å². The minimum atomic E-state index is -2.60. The maximum atomic E-state index is 12.5. The number of hydrogen-bond donors (Lipinski definition) is 1. The van der Waals surface area contributed by atoms with Crippen molar-refractivity contribution in [3.8, 4) is 5.88 Å². The zero-order valence-electron chi connectivity index (χ0n) is 16.4. The van der Waals surface area contributed by atoms with Gasteiger partial charge in [0.05, 0.1) is 6.20 Å². The van der Waals surface area contributed by atoms with Crippen LogP contribution in [0.2, 0.25) is 0 Å². The van der Waals surface area contributed by atoms with E-state index in [1.54, 1.807) is 19.3 Å². The number of anilines is 1. The van der Waals surface area contributed by atoms with E-state index in [-0.39, 0.29) is 11.6 Å². The third-order valence-corrected chi connectivity index (χ3v) is 5.40. The van der Waals surface area contributed by atoms with Crippen LogP contribution in [0.5, 0.6) is 5.88 Å². The highest BCUT2D eigenvalue weighted by Gasteiger charge is 2.18. The number of aryl methyl sites for hydroxylation is 1. The predicted octanol–water partition coefficient (Wildman–Crippen LogP) is 4.21. The minimum absolute atomic E-state index is 0.0119. The first-order valence-electron chi connectivity index (χ1n) is 8.94. The molecule has 27 heavy (non-hydrogen) atoms. The van der Waals surface area contributed by atoms with Gasteiger partial charge in [-0.3, -0.25) is 9.48 Å². The van der Waals surface area contributed by atoms with Crippen molar-refractivity contribution in [2.45, 2.75) is 40.0 Å². The molecule has 0 aliphatic rings. The molecule has 0 aliphatic heterocycles. The molecule has 2 aromatic rings. The monoisotopic (exact) mass is 403 g/mol. The second kappa shape index (κ2) is 11.6. The van der Waals surface area contributed by atoms with Crippen molar-refractivity contribution in [3.05, 3.63) is 24.0 Å². The molecule has 0 saturated heterocycles. The highest BCUT2D eigenvalue weighted by atomic mass is 31.1. The summed E-state index contributed by atoms with van der Waals surface area (Å²) in [6.07, 6.45) is 2.27. The van der Waals surface area contributed by atoms with E-state index in [2.05, 4.69) is 29.1 Å². The molecule has 0 saturated carbocycles. The number of hydrogen-bond acceptors (Lipinski definition) is 4. The normalized spacial score (nSPS) is 11.7. The lowest BCUT2D eigenvalue weighted by atomic mass is 10.4. The lowest BCUT2D eigenvalue weighted by molar-refractivity contribution is 0.0792. The fourth-order valence-corrected chi connectivity index (χ4v) is 3.88. The van der Waals surface area contributed by atoms with Gasteiger partial charge in [-0.15, -0.1) is 5.10 Å². The van der Waals surface area contributed by atoms with E-state index in [0.717, 1.165) is 19.0 Å². The van der Waals surface area contributed by atoms with Gasteiger partial charge in [-0.25, -0.2) is 13.2 Å². The summed E-state index contributed by atoms with van der Waals surface area (Å²) in [7, 11) is 1.03. The SMILES string of the molecule is CC.CCCCP(C)n1nccc1NC(=O)c1cc(OCC(F)F)nn1C. The Hall–Kier alpha value is -2.02. The molecule has 2 heterocycles. The van der Waals surface area contributed by atoms with Crippen LogP contribution < -0.4 is 10.1 Å². The molecule has 10 heteroatoms. The summed E-state index contributed by atoms with van der Waals surface area (Å²) in [5.41, 5.74) is 0.214. The Labute approximate surface area is 159 Å². The molecule has 0 aliphatic carbocycles. The first kappa shape index (κ1) is 23.0. The van der Waals surface area contributed by atoms with Crippen LogP contribution in [-0.2, 0) is 7.05 Å². The van der Waals surface area contributed by atoms with E-state index >= 15 is 0 Å². The van der Waals surface area contributed by atoms with Crippen molar-refractivity contribution in [1.29, 1.82) is 0 Å². The van der Waals surface area contributed by atoms with Crippen molar-refractivity contribution in [2.24, 2.45) is 7.05 Å². The molecular formula is C17H28F2N5O2P. The Balaban J connectivity index is 0.00000176. The summed E-state index contributed by atoms with van der Waals surface area (Å²) < 4.78 is 32.4. The second-order valence-corrected chi connectivity index (χ2v) is 7.63. The number of unbranched alkanes of at least 4 members (excludes halogenated alkanes) is 1. The molecule has 152 valence electrons. The van der Waals surface area contributed by atoms with Gasteiger partial charge in [-0.1, -0.05) is 27.2 Å². The molecule has 0 aromatic carbocycles. The number of nitrogens with zero attached hydrogens (tertiary/aromatic N) is 4. The molecule has 2 rings (SSSR count). The number of nitrogens with one attached hydrogen (secondary N) is 1. The third kappa shape index (κ3) is 6.90. The van der Waals surface area contributed by atoms with Crippen LogP contribution in [0, 0.1) is 0 Å². The number of ether oxygens (including phenoxy) is 1. The zero-order valence-corrected chi connectivity index (χ0v) is 17.3. The number of amides is 1. The van der Waals surface area contributed by atoms with Crippen molar-refractivity contribution in [2.75, 3.05) is 24.8 Å². The summed E-state index contributed by atoms with van der Waals surface area (Å²) in [6.45, 7) is 7.47. The van der Waals surface area contributed by atoms with Crippen LogP contribution in [0.1, 0.15) is 44.1 Å². The van der Waals surface area contributed by atoms with Crippen LogP contribution in [0.15, 0.2) is 18.3 Å². The molecule has 0 spiro atoms. The van der Waals surface area contributed by atoms with Gasteiger partial charge in [0, 0.05) is 27.3 Å². The summed E-state index contributed by atoms with van der Waals surface area (Å²) in [4.78, 5) is 12.5. The number of aromatic nitrogens is 4. The Bertz CT molecular complexity index is 705. The van der Waals surface area contributed by atoms with Crippen molar-refractivity contribution < 1.29 is 18.3 Å². The third-order valence-electron chi connectivity index (χ3n) is 3.47. The van der Waals surface area contributed by atoms with Crippen molar-refractivity contribution in [3.63, 3.8) is 0 Å². The Morgan fingerprint density at radius 3 is 2.74 bits per heavy atom. The smallest absolute Gasteiger partial charge is 0.275 e. The average molecular weight is 403 g/mol. The van der Waals surface area contributed by atoms with E-state index in [4.69, 9.17) is 4.74 Å². The molecule has 0 fully saturated rings. The first-order chi connectivity index (χ1) is 12.9. The van der Waals surface area contributed by atoms with E-state index in [9.17, 15) is 13.6 Å². The van der Waals surface area contributed by atoms with Crippen molar-refractivity contribution >= 4 is 19.8 Å². The highest BCUT2D eigenvalue weighted by molar-refractivity contribution is 7.55. The molecule has 0 radical (unpaired) electrons. The van der Waals surface area contributed by atoms with Crippen LogP contribution in [0.4, 0.5) is 14.6 Å². The van der Waals surface area contributed by atoms with Gasteiger partial charge in [0.15, 0.2) is 6.61 Å². The zero-order chi connectivity index (χ0) is 20.4. The lowest BCUT2D eigenvalue weighted by Gasteiger charge is -2.15. The maximum absolute atomic E-state index is 12.5. The number of alkyl halides is 2. The molecular weight excluding hydrogens is 375 g/mol. The van der Waals surface area contributed by atoms with E-state index in [1.165, 1.54) is 10.7 Å². The summed E-state index contributed by atoms with van der Waals surface area (Å²) in [5, 5.41) is 11.0. The standard InChI is InChI=1S/C15H22F2N5O2P.C2H6/c1-4-5-8-25(3)22-13(6-7-18-22)19-15(23)11-9-14(20-21(11)2)24-10-12(16)17;1-2/h6-7,9,12H,4-5,8,10H2,1-3H3,(H,19,23);1-2H3. The molecule has 7 nitrogen and oxygen atoms in total. The predicted molar refractivity (Wildman–Crippen MR) is 104 cm³/mol. The van der Waals surface area contributed by atoms with Gasteiger partial charge >= 0.3 is 0 Å². The summed E-state index contributed by atoms with van der Waals surface area (Å²) in [5.74, 6) is 0.190. The molecule has 1 unspecified atom stereocenters. The average Bonchev–Trinajstić information content (AvgIpc) is 3.26. The molecule has 1 amide bonds. The minimum Gasteiger partial charge on any atom is -0.471 e. The van der Waals surface area contributed by atoms with Gasteiger partial charge in [0.1, 0.15) is 11.5 Å². The number of carbonyl (C=O) groups excluding carboxylic acids is 1. The quantitative estimate of drug-likeness (QED) is 0.637. The fourth-order valence-electron chi connectivity index (χ4n) is 2.19. The second-order valence-electron chi connectivity index (χ2n) is 5.49.